The van der Waals surface area contributed by atoms with E-state index >= 15 is 0 Å². The van der Waals surface area contributed by atoms with Gasteiger partial charge in [-0.2, -0.15) is 0 Å². The maximum Gasteiger partial charge on any atom is 0.286 e. The van der Waals surface area contributed by atoms with Gasteiger partial charge in [-0.15, -0.1) is 4.36 Å². The Hall–Kier alpha value is -3.84. The number of carbonyl (C=O) groups excluding carboxylic acids is 2. The molecule has 280 valence electrons. The van der Waals surface area contributed by atoms with Crippen LogP contribution < -0.4 is 19.1 Å². The number of allylic oxidation sites excluding steroid dienone is 1. The number of halogens is 1. The second-order valence-corrected chi connectivity index (χ2v) is 17.9. The van der Waals surface area contributed by atoms with Crippen molar-refractivity contribution in [2.45, 2.75) is 75.2 Å². The third-order valence-electron chi connectivity index (χ3n) is 12.7. The number of ether oxygens (including phenoxy) is 4. The number of carbonyl (C=O) groups is 2. The average Bonchev–Trinajstić information content (AvgIpc) is 3.64. The Bertz CT molecular complexity index is 2170. The first-order valence-electron chi connectivity index (χ1n) is 18.6. The van der Waals surface area contributed by atoms with Gasteiger partial charge in [0.2, 0.25) is 0 Å². The first-order chi connectivity index (χ1) is 25.6. The van der Waals surface area contributed by atoms with Crippen molar-refractivity contribution in [1.29, 1.82) is 0 Å². The SMILES string of the molecule is COc1c(C(=O)NS2(=O)=NC(=O)c3ccc4c(c3)N(C[C@@]3(CCCc5cc(Cl)ccc53)CO4)C3CC[C@H]3[C@@H](OC)C3=CC[C@@H]3C2)cn2c1C[C@H](OC)C2. The van der Waals surface area contributed by atoms with E-state index in [2.05, 4.69) is 32.2 Å². The molecule has 7 atom stereocenters. The Balaban J connectivity index is 1.12. The van der Waals surface area contributed by atoms with E-state index in [-0.39, 0.29) is 46.8 Å². The van der Waals surface area contributed by atoms with Crippen LogP contribution in [0.1, 0.15) is 69.6 Å². The van der Waals surface area contributed by atoms with E-state index in [9.17, 15) is 13.8 Å². The van der Waals surface area contributed by atoms with Gasteiger partial charge in [0.1, 0.15) is 21.2 Å². The molecular formula is C40H45ClN4O7S. The molecule has 0 radical (unpaired) electrons. The van der Waals surface area contributed by atoms with Crippen molar-refractivity contribution in [2.24, 2.45) is 16.2 Å². The normalized spacial score (nSPS) is 31.2. The molecule has 2 bridgehead atoms. The Kier molecular flexibility index (Phi) is 8.68. The van der Waals surface area contributed by atoms with E-state index in [1.54, 1.807) is 26.5 Å². The van der Waals surface area contributed by atoms with E-state index in [4.69, 9.17) is 30.5 Å². The van der Waals surface area contributed by atoms with Crippen LogP contribution in [-0.2, 0) is 44.2 Å². The second-order valence-electron chi connectivity index (χ2n) is 15.5. The van der Waals surface area contributed by atoms with Gasteiger partial charge in [0.05, 0.1) is 43.1 Å². The van der Waals surface area contributed by atoms with Gasteiger partial charge in [0.15, 0.2) is 5.75 Å². The van der Waals surface area contributed by atoms with Crippen molar-refractivity contribution in [2.75, 3.05) is 45.1 Å². The van der Waals surface area contributed by atoms with Gasteiger partial charge in [0.25, 0.3) is 11.8 Å². The highest BCUT2D eigenvalue weighted by molar-refractivity contribution is 7.92. The number of aryl methyl sites for hydroxylation is 1. The van der Waals surface area contributed by atoms with Crippen LogP contribution in [0.4, 0.5) is 5.69 Å². The molecule has 11 nitrogen and oxygen atoms in total. The van der Waals surface area contributed by atoms with E-state index in [0.717, 1.165) is 54.1 Å². The van der Waals surface area contributed by atoms with E-state index in [0.29, 0.717) is 49.6 Å². The lowest BCUT2D eigenvalue weighted by atomic mass is 9.66. The highest BCUT2D eigenvalue weighted by atomic mass is 35.5. The molecular weight excluding hydrogens is 716 g/mol. The van der Waals surface area contributed by atoms with Crippen LogP contribution in [0.3, 0.4) is 0 Å². The molecule has 53 heavy (non-hydrogen) atoms. The molecule has 3 aromatic rings. The van der Waals surface area contributed by atoms with Crippen LogP contribution >= 0.6 is 11.6 Å². The Morgan fingerprint density at radius 2 is 2.00 bits per heavy atom. The molecule has 0 saturated heterocycles. The average molecular weight is 761 g/mol. The van der Waals surface area contributed by atoms with E-state index < -0.39 is 21.7 Å². The zero-order valence-corrected chi connectivity index (χ0v) is 31.8. The molecule has 3 aliphatic carbocycles. The van der Waals surface area contributed by atoms with Crippen LogP contribution in [0.15, 0.2) is 58.6 Å². The Morgan fingerprint density at radius 3 is 2.74 bits per heavy atom. The maximum absolute atomic E-state index is 14.9. The topological polar surface area (TPSA) is 121 Å². The summed E-state index contributed by atoms with van der Waals surface area (Å²) in [6.45, 7) is 1.79. The molecule has 2 aromatic carbocycles. The molecule has 1 spiro atoms. The van der Waals surface area contributed by atoms with Crippen molar-refractivity contribution in [3.05, 3.63) is 87.2 Å². The van der Waals surface area contributed by atoms with Crippen molar-refractivity contribution in [1.82, 2.24) is 9.29 Å². The van der Waals surface area contributed by atoms with Crippen molar-refractivity contribution < 1.29 is 32.7 Å². The van der Waals surface area contributed by atoms with Gasteiger partial charge in [0, 0.05) is 67.9 Å². The first kappa shape index (κ1) is 34.9. The maximum atomic E-state index is 14.9. The molecule has 3 aliphatic heterocycles. The van der Waals surface area contributed by atoms with Crippen LogP contribution in [0.25, 0.3) is 0 Å². The molecule has 1 aromatic heterocycles. The second kappa shape index (κ2) is 13.2. The number of nitrogens with zero attached hydrogens (tertiary/aromatic N) is 3. The van der Waals surface area contributed by atoms with Crippen LogP contribution in [0.5, 0.6) is 11.5 Å². The Morgan fingerprint density at radius 1 is 1.13 bits per heavy atom. The molecule has 1 saturated carbocycles. The minimum Gasteiger partial charge on any atom is -0.494 e. The lowest BCUT2D eigenvalue weighted by Gasteiger charge is -2.52. The van der Waals surface area contributed by atoms with Crippen molar-refractivity contribution in [3.63, 3.8) is 0 Å². The summed E-state index contributed by atoms with van der Waals surface area (Å²) in [5, 5.41) is 0.739. The smallest absolute Gasteiger partial charge is 0.286 e. The van der Waals surface area contributed by atoms with E-state index in [1.165, 1.54) is 18.2 Å². The highest BCUT2D eigenvalue weighted by Crippen LogP contribution is 2.50. The number of aromatic nitrogens is 1. The third kappa shape index (κ3) is 5.79. The summed E-state index contributed by atoms with van der Waals surface area (Å²) in [5.41, 5.74) is 5.52. The van der Waals surface area contributed by atoms with Crippen LogP contribution in [-0.4, -0.2) is 79.1 Å². The zero-order valence-electron chi connectivity index (χ0n) is 30.3. The fourth-order valence-electron chi connectivity index (χ4n) is 9.82. The number of nitrogens with one attached hydrogen (secondary N) is 1. The number of amides is 2. The predicted octanol–water partition coefficient (Wildman–Crippen LogP) is 5.90. The molecule has 9 rings (SSSR count). The van der Waals surface area contributed by atoms with Gasteiger partial charge in [-0.25, -0.2) is 4.21 Å². The van der Waals surface area contributed by atoms with Gasteiger partial charge in [-0.1, -0.05) is 23.7 Å². The summed E-state index contributed by atoms with van der Waals surface area (Å²) in [6.07, 6.45) is 9.77. The lowest BCUT2D eigenvalue weighted by molar-refractivity contribution is 0.0193. The van der Waals surface area contributed by atoms with Crippen LogP contribution in [0.2, 0.25) is 5.02 Å². The predicted molar refractivity (Wildman–Crippen MR) is 202 cm³/mol. The lowest BCUT2D eigenvalue weighted by Crippen LogP contribution is -2.57. The summed E-state index contributed by atoms with van der Waals surface area (Å²) < 4.78 is 48.2. The highest BCUT2D eigenvalue weighted by Gasteiger charge is 2.50. The number of fused-ring (bicyclic) bond motifs is 7. The molecule has 13 heteroatoms. The summed E-state index contributed by atoms with van der Waals surface area (Å²) in [7, 11) is 1.30. The van der Waals surface area contributed by atoms with Crippen LogP contribution in [0, 0.1) is 11.8 Å². The summed E-state index contributed by atoms with van der Waals surface area (Å²) in [6, 6.07) is 11.7. The number of hydrogen-bond donors (Lipinski definition) is 1. The number of methoxy groups -OCH3 is 3. The molecule has 6 aliphatic rings. The van der Waals surface area contributed by atoms with E-state index in [1.807, 2.05) is 22.8 Å². The fraction of sp³-hybridized carbons (Fsp3) is 0.500. The van der Waals surface area contributed by atoms with Gasteiger partial charge in [-0.3, -0.25) is 14.3 Å². The Labute approximate surface area is 315 Å². The van der Waals surface area contributed by atoms with Gasteiger partial charge >= 0.3 is 0 Å². The molecule has 1 fully saturated rings. The first-order valence-corrected chi connectivity index (χ1v) is 20.6. The number of rotatable bonds is 5. The minimum absolute atomic E-state index is 0.00455. The molecule has 4 heterocycles. The van der Waals surface area contributed by atoms with Gasteiger partial charge in [-0.05, 0) is 91.5 Å². The zero-order chi connectivity index (χ0) is 36.6. The molecule has 2 amide bonds. The third-order valence-corrected chi connectivity index (χ3v) is 14.7. The van der Waals surface area contributed by atoms with Gasteiger partial charge < -0.3 is 28.4 Å². The molecule has 2 unspecified atom stereocenters. The van der Waals surface area contributed by atoms with Crippen molar-refractivity contribution in [3.8, 4) is 11.5 Å². The standard InChI is InChI=1S/C40H45ClN4O7S/c1-49-27-17-34-37(51-3)30(19-44(34)18-27)39(47)43-53(48)20-25-6-9-28(25)36(50-2)29-10-12-32(29)45-21-40(14-4-5-23-15-26(41)8-11-31(23)40)22-52-35-13-7-24(16-33(35)45)38(46)42-53/h7-9,11,13,15-16,19,25,27,29,32,36H,4-6,10,12,14,17-18,20-22H2,1-3H3,(H,42,43,46,47,48)/t25-,27+,29-,32?,36+,40+,53?/m1/s1. The minimum atomic E-state index is -3.61. The summed E-state index contributed by atoms with van der Waals surface area (Å²) in [4.78, 5) is 30.6. The monoisotopic (exact) mass is 760 g/mol. The number of hydrogen-bond acceptors (Lipinski definition) is 8. The summed E-state index contributed by atoms with van der Waals surface area (Å²) in [5.74, 6) is -0.159. The number of anilines is 1. The molecule has 1 N–H and O–H groups in total. The summed E-state index contributed by atoms with van der Waals surface area (Å²) >= 11 is 6.48. The largest absolute Gasteiger partial charge is 0.494 e. The quantitative estimate of drug-likeness (QED) is 0.320. The number of benzene rings is 2. The van der Waals surface area contributed by atoms with Crippen molar-refractivity contribution >= 4 is 39.0 Å². The fourth-order valence-corrected chi connectivity index (χ4v) is 11.9.